The lowest BCUT2D eigenvalue weighted by molar-refractivity contribution is 0.0618. The van der Waals surface area contributed by atoms with Crippen molar-refractivity contribution in [1.29, 1.82) is 0 Å². The summed E-state index contributed by atoms with van der Waals surface area (Å²) in [6.07, 6.45) is 1.55. The van der Waals surface area contributed by atoms with Crippen LogP contribution in [0.2, 0.25) is 5.02 Å². The molecule has 26 heavy (non-hydrogen) atoms. The molecule has 134 valence electrons. The summed E-state index contributed by atoms with van der Waals surface area (Å²) in [5.74, 6) is 0.904. The second kappa shape index (κ2) is 7.35. The van der Waals surface area contributed by atoms with Crippen LogP contribution in [0.3, 0.4) is 0 Å². The van der Waals surface area contributed by atoms with Crippen molar-refractivity contribution in [3.05, 3.63) is 65.0 Å². The minimum absolute atomic E-state index is 0.113. The number of aromatic nitrogens is 1. The zero-order valence-corrected chi connectivity index (χ0v) is 14.9. The van der Waals surface area contributed by atoms with Gasteiger partial charge in [-0.3, -0.25) is 9.69 Å². The number of furan rings is 1. The SMILES string of the molecule is O=C(c1cc(-c2ccco2)on1)N1CCN(Cc2ccc(Cl)cc2)CC1. The van der Waals surface area contributed by atoms with Crippen LogP contribution in [0.4, 0.5) is 0 Å². The standard InChI is InChI=1S/C19H18ClN3O3/c20-15-5-3-14(4-6-15)13-22-7-9-23(10-8-22)19(24)16-12-18(26-21-16)17-2-1-11-25-17/h1-6,11-12H,7-10,13H2. The van der Waals surface area contributed by atoms with Crippen LogP contribution < -0.4 is 0 Å². The number of nitrogens with zero attached hydrogens (tertiary/aromatic N) is 3. The lowest BCUT2D eigenvalue weighted by atomic mass is 10.2. The summed E-state index contributed by atoms with van der Waals surface area (Å²) in [6.45, 7) is 3.81. The Labute approximate surface area is 155 Å². The predicted octanol–water partition coefficient (Wildman–Crippen LogP) is 3.55. The molecule has 1 saturated heterocycles. The van der Waals surface area contributed by atoms with E-state index in [0.29, 0.717) is 30.3 Å². The lowest BCUT2D eigenvalue weighted by Crippen LogP contribution is -2.48. The van der Waals surface area contributed by atoms with Crippen molar-refractivity contribution in [1.82, 2.24) is 15.0 Å². The van der Waals surface area contributed by atoms with Gasteiger partial charge in [-0.2, -0.15) is 0 Å². The van der Waals surface area contributed by atoms with Gasteiger partial charge in [0.1, 0.15) is 0 Å². The molecular formula is C19H18ClN3O3. The van der Waals surface area contributed by atoms with E-state index < -0.39 is 0 Å². The molecule has 0 spiro atoms. The minimum Gasteiger partial charge on any atom is -0.461 e. The second-order valence-electron chi connectivity index (χ2n) is 6.25. The molecule has 0 aliphatic carbocycles. The molecule has 0 atom stereocenters. The summed E-state index contributed by atoms with van der Waals surface area (Å²) < 4.78 is 10.5. The van der Waals surface area contributed by atoms with Gasteiger partial charge in [-0.1, -0.05) is 28.9 Å². The smallest absolute Gasteiger partial charge is 0.276 e. The quantitative estimate of drug-likeness (QED) is 0.701. The molecule has 0 saturated carbocycles. The number of carbonyl (C=O) groups is 1. The highest BCUT2D eigenvalue weighted by atomic mass is 35.5. The highest BCUT2D eigenvalue weighted by Gasteiger charge is 2.25. The van der Waals surface area contributed by atoms with Gasteiger partial charge >= 0.3 is 0 Å². The van der Waals surface area contributed by atoms with E-state index in [1.165, 1.54) is 5.56 Å². The number of carbonyl (C=O) groups excluding carboxylic acids is 1. The maximum Gasteiger partial charge on any atom is 0.276 e. The van der Waals surface area contributed by atoms with Gasteiger partial charge in [0, 0.05) is 43.8 Å². The van der Waals surface area contributed by atoms with Gasteiger partial charge in [-0.25, -0.2) is 0 Å². The Bertz CT molecular complexity index is 866. The van der Waals surface area contributed by atoms with E-state index in [0.717, 1.165) is 24.7 Å². The highest BCUT2D eigenvalue weighted by molar-refractivity contribution is 6.30. The van der Waals surface area contributed by atoms with Crippen molar-refractivity contribution in [2.75, 3.05) is 26.2 Å². The fourth-order valence-electron chi connectivity index (χ4n) is 3.03. The molecule has 6 nitrogen and oxygen atoms in total. The molecule has 0 unspecified atom stereocenters. The topological polar surface area (TPSA) is 62.7 Å². The van der Waals surface area contributed by atoms with Gasteiger partial charge in [0.2, 0.25) is 5.76 Å². The van der Waals surface area contributed by atoms with Crippen molar-refractivity contribution in [3.63, 3.8) is 0 Å². The Balaban J connectivity index is 1.34. The van der Waals surface area contributed by atoms with Crippen LogP contribution in [-0.4, -0.2) is 47.0 Å². The number of benzene rings is 1. The third kappa shape index (κ3) is 3.66. The normalized spacial score (nSPS) is 15.3. The molecule has 1 amide bonds. The van der Waals surface area contributed by atoms with Gasteiger partial charge in [-0.15, -0.1) is 0 Å². The molecule has 2 aromatic heterocycles. The number of hydrogen-bond donors (Lipinski definition) is 0. The van der Waals surface area contributed by atoms with Gasteiger partial charge in [0.25, 0.3) is 5.91 Å². The van der Waals surface area contributed by atoms with Crippen molar-refractivity contribution in [2.45, 2.75) is 6.54 Å². The monoisotopic (exact) mass is 371 g/mol. The van der Waals surface area contributed by atoms with E-state index >= 15 is 0 Å². The van der Waals surface area contributed by atoms with E-state index in [9.17, 15) is 4.79 Å². The average Bonchev–Trinajstić information content (AvgIpc) is 3.35. The molecule has 4 rings (SSSR count). The van der Waals surface area contributed by atoms with Crippen LogP contribution >= 0.6 is 11.6 Å². The van der Waals surface area contributed by atoms with Crippen molar-refractivity contribution >= 4 is 17.5 Å². The molecule has 1 aromatic carbocycles. The summed E-state index contributed by atoms with van der Waals surface area (Å²) in [4.78, 5) is 16.8. The molecule has 0 N–H and O–H groups in total. The average molecular weight is 372 g/mol. The Kier molecular flexibility index (Phi) is 4.77. The van der Waals surface area contributed by atoms with Crippen molar-refractivity contribution in [3.8, 4) is 11.5 Å². The first-order valence-corrected chi connectivity index (χ1v) is 8.83. The van der Waals surface area contributed by atoms with Crippen molar-refractivity contribution < 1.29 is 13.7 Å². The predicted molar refractivity (Wildman–Crippen MR) is 96.8 cm³/mol. The Hall–Kier alpha value is -2.57. The minimum atomic E-state index is -0.113. The van der Waals surface area contributed by atoms with Crippen molar-refractivity contribution in [2.24, 2.45) is 0 Å². The van der Waals surface area contributed by atoms with Crippen LogP contribution in [-0.2, 0) is 6.54 Å². The lowest BCUT2D eigenvalue weighted by Gasteiger charge is -2.34. The second-order valence-corrected chi connectivity index (χ2v) is 6.68. The molecule has 0 radical (unpaired) electrons. The summed E-state index contributed by atoms with van der Waals surface area (Å²) in [5, 5.41) is 4.63. The highest BCUT2D eigenvalue weighted by Crippen LogP contribution is 2.21. The van der Waals surface area contributed by atoms with Crippen LogP contribution in [0.25, 0.3) is 11.5 Å². The van der Waals surface area contributed by atoms with Gasteiger partial charge < -0.3 is 13.8 Å². The fraction of sp³-hybridized carbons (Fsp3) is 0.263. The maximum atomic E-state index is 12.6. The fourth-order valence-corrected chi connectivity index (χ4v) is 3.16. The molecule has 3 aromatic rings. The summed E-state index contributed by atoms with van der Waals surface area (Å²) in [7, 11) is 0. The number of halogens is 1. The van der Waals surface area contributed by atoms with E-state index in [2.05, 4.69) is 10.1 Å². The van der Waals surface area contributed by atoms with Crippen LogP contribution in [0.15, 0.2) is 57.7 Å². The van der Waals surface area contributed by atoms with Crippen LogP contribution in [0, 0.1) is 0 Å². The number of rotatable bonds is 4. The number of amides is 1. The van der Waals surface area contributed by atoms with E-state index in [1.54, 1.807) is 24.5 Å². The molecule has 1 aliphatic rings. The summed E-state index contributed by atoms with van der Waals surface area (Å²) in [6, 6.07) is 13.0. The number of hydrogen-bond acceptors (Lipinski definition) is 5. The summed E-state index contributed by atoms with van der Waals surface area (Å²) in [5.41, 5.74) is 1.52. The first-order valence-electron chi connectivity index (χ1n) is 8.46. The third-order valence-electron chi connectivity index (χ3n) is 4.47. The molecule has 7 heteroatoms. The van der Waals surface area contributed by atoms with Crippen LogP contribution in [0.5, 0.6) is 0 Å². The van der Waals surface area contributed by atoms with Gasteiger partial charge in [0.05, 0.1) is 6.26 Å². The first-order chi connectivity index (χ1) is 12.7. The maximum absolute atomic E-state index is 12.6. The van der Waals surface area contributed by atoms with E-state index in [1.807, 2.05) is 29.2 Å². The molecular weight excluding hydrogens is 354 g/mol. The first kappa shape index (κ1) is 16.9. The third-order valence-corrected chi connectivity index (χ3v) is 4.72. The molecule has 0 bridgehead atoms. The van der Waals surface area contributed by atoms with E-state index in [-0.39, 0.29) is 5.91 Å². The van der Waals surface area contributed by atoms with Gasteiger partial charge in [-0.05, 0) is 29.8 Å². The largest absolute Gasteiger partial charge is 0.461 e. The Morgan fingerprint density at radius 1 is 1.08 bits per heavy atom. The number of piperazine rings is 1. The molecule has 3 heterocycles. The Morgan fingerprint density at radius 2 is 1.85 bits per heavy atom. The zero-order valence-electron chi connectivity index (χ0n) is 14.1. The Morgan fingerprint density at radius 3 is 2.54 bits per heavy atom. The van der Waals surface area contributed by atoms with Gasteiger partial charge in [0.15, 0.2) is 11.5 Å². The molecule has 1 fully saturated rings. The zero-order chi connectivity index (χ0) is 17.9. The van der Waals surface area contributed by atoms with Crippen LogP contribution in [0.1, 0.15) is 16.1 Å². The molecule has 1 aliphatic heterocycles. The summed E-state index contributed by atoms with van der Waals surface area (Å²) >= 11 is 5.92. The van der Waals surface area contributed by atoms with E-state index in [4.69, 9.17) is 20.5 Å².